The number of carboxylic acids is 1. The second-order valence-electron chi connectivity index (χ2n) is 5.26. The minimum Gasteiger partial charge on any atom is -0.479 e. The van der Waals surface area contributed by atoms with Crippen LogP contribution in [0.2, 0.25) is 0 Å². The number of aliphatic carboxylic acids is 1. The summed E-state index contributed by atoms with van der Waals surface area (Å²) in [6.45, 7) is 6.13. The van der Waals surface area contributed by atoms with Crippen molar-refractivity contribution in [1.29, 1.82) is 0 Å². The van der Waals surface area contributed by atoms with Gasteiger partial charge >= 0.3 is 5.97 Å². The van der Waals surface area contributed by atoms with Crippen molar-refractivity contribution in [3.05, 3.63) is 0 Å². The summed E-state index contributed by atoms with van der Waals surface area (Å²) in [5.41, 5.74) is -1.20. The van der Waals surface area contributed by atoms with E-state index >= 15 is 0 Å². The van der Waals surface area contributed by atoms with E-state index in [1.807, 2.05) is 13.8 Å². The zero-order chi connectivity index (χ0) is 10.6. The lowest BCUT2D eigenvalue weighted by Crippen LogP contribution is -2.69. The first-order chi connectivity index (χ1) is 6.38. The third kappa shape index (κ3) is 1.10. The van der Waals surface area contributed by atoms with Crippen LogP contribution in [0.3, 0.4) is 0 Å². The van der Waals surface area contributed by atoms with Gasteiger partial charge in [0.05, 0.1) is 0 Å². The van der Waals surface area contributed by atoms with Gasteiger partial charge in [0, 0.05) is 0 Å². The van der Waals surface area contributed by atoms with E-state index in [9.17, 15) is 4.79 Å². The maximum atomic E-state index is 11.2. The summed E-state index contributed by atoms with van der Waals surface area (Å²) in [4.78, 5) is 21.0. The molecular formula is C10H16O4. The molecule has 1 saturated heterocycles. The van der Waals surface area contributed by atoms with E-state index in [-0.39, 0.29) is 11.5 Å². The Labute approximate surface area is 83.1 Å². The lowest BCUT2D eigenvalue weighted by atomic mass is 9.62. The summed E-state index contributed by atoms with van der Waals surface area (Å²) < 4.78 is 0. The van der Waals surface area contributed by atoms with Crippen LogP contribution < -0.4 is 0 Å². The molecule has 0 radical (unpaired) electrons. The van der Waals surface area contributed by atoms with Crippen molar-refractivity contribution in [2.45, 2.75) is 45.3 Å². The van der Waals surface area contributed by atoms with Crippen molar-refractivity contribution in [2.24, 2.45) is 11.3 Å². The summed E-state index contributed by atoms with van der Waals surface area (Å²) in [5.74, 6) is -0.533. The Kier molecular flexibility index (Phi) is 1.92. The highest BCUT2D eigenvalue weighted by atomic mass is 17.3. The first kappa shape index (κ1) is 9.93. The highest BCUT2D eigenvalue weighted by molar-refractivity contribution is 5.79. The molecule has 1 aliphatic heterocycles. The van der Waals surface area contributed by atoms with Crippen molar-refractivity contribution in [3.63, 3.8) is 0 Å². The van der Waals surface area contributed by atoms with Gasteiger partial charge in [0.15, 0.2) is 0 Å². The molecule has 0 spiro atoms. The van der Waals surface area contributed by atoms with E-state index in [1.165, 1.54) is 0 Å². The molecule has 1 N–H and O–H groups in total. The second kappa shape index (κ2) is 2.70. The Hall–Kier alpha value is -0.610. The van der Waals surface area contributed by atoms with Crippen LogP contribution >= 0.6 is 0 Å². The Bertz CT molecular complexity index is 273. The molecule has 80 valence electrons. The van der Waals surface area contributed by atoms with Crippen molar-refractivity contribution in [1.82, 2.24) is 0 Å². The Morgan fingerprint density at radius 1 is 1.43 bits per heavy atom. The molecule has 4 nitrogen and oxygen atoms in total. The zero-order valence-corrected chi connectivity index (χ0v) is 8.74. The minimum absolute atomic E-state index is 0.117. The van der Waals surface area contributed by atoms with Gasteiger partial charge in [-0.25, -0.2) is 14.6 Å². The van der Waals surface area contributed by atoms with Crippen molar-refractivity contribution in [3.8, 4) is 0 Å². The summed E-state index contributed by atoms with van der Waals surface area (Å²) in [5, 5.41) is 9.16. The number of fused-ring (bicyclic) bond motifs is 1. The quantitative estimate of drug-likeness (QED) is 0.653. The molecule has 0 aromatic heterocycles. The van der Waals surface area contributed by atoms with Gasteiger partial charge in [-0.05, 0) is 24.2 Å². The fraction of sp³-hybridized carbons (Fsp3) is 0.900. The van der Waals surface area contributed by atoms with Gasteiger partial charge in [-0.1, -0.05) is 20.8 Å². The van der Waals surface area contributed by atoms with Crippen molar-refractivity contribution < 1.29 is 19.7 Å². The molecule has 2 aliphatic rings. The van der Waals surface area contributed by atoms with E-state index in [2.05, 4.69) is 6.92 Å². The topological polar surface area (TPSA) is 55.8 Å². The Balaban J connectivity index is 2.30. The zero-order valence-electron chi connectivity index (χ0n) is 8.74. The first-order valence-electron chi connectivity index (χ1n) is 4.96. The lowest BCUT2D eigenvalue weighted by molar-refractivity contribution is -0.524. The molecule has 1 heterocycles. The average molecular weight is 200 g/mol. The van der Waals surface area contributed by atoms with Gasteiger partial charge < -0.3 is 5.11 Å². The Morgan fingerprint density at radius 2 is 2.07 bits per heavy atom. The smallest absolute Gasteiger partial charge is 0.342 e. The summed E-state index contributed by atoms with van der Waals surface area (Å²) in [6, 6.07) is 0. The van der Waals surface area contributed by atoms with Crippen LogP contribution in [0.4, 0.5) is 0 Å². The largest absolute Gasteiger partial charge is 0.479 e. The van der Waals surface area contributed by atoms with Crippen LogP contribution in [-0.4, -0.2) is 22.8 Å². The average Bonchev–Trinajstić information content (AvgIpc) is 1.92. The third-order valence-electron chi connectivity index (χ3n) is 3.31. The molecular weight excluding hydrogens is 184 g/mol. The number of carboxylic acid groups (broad SMARTS) is 1. The predicted molar refractivity (Wildman–Crippen MR) is 48.5 cm³/mol. The van der Waals surface area contributed by atoms with Crippen molar-refractivity contribution >= 4 is 5.97 Å². The van der Waals surface area contributed by atoms with E-state index < -0.39 is 11.6 Å². The van der Waals surface area contributed by atoms with Crippen LogP contribution in [0.5, 0.6) is 0 Å². The number of hydrogen-bond acceptors (Lipinski definition) is 3. The third-order valence-corrected chi connectivity index (χ3v) is 3.31. The van der Waals surface area contributed by atoms with E-state index in [0.29, 0.717) is 12.3 Å². The van der Waals surface area contributed by atoms with Crippen LogP contribution in [0, 0.1) is 11.3 Å². The highest BCUT2D eigenvalue weighted by Gasteiger charge is 2.66. The molecule has 0 aromatic rings. The van der Waals surface area contributed by atoms with Gasteiger partial charge in [-0.15, -0.1) is 0 Å². The summed E-state index contributed by atoms with van der Waals surface area (Å²) in [7, 11) is 0. The molecule has 2 rings (SSSR count). The summed E-state index contributed by atoms with van der Waals surface area (Å²) in [6.07, 6.45) is 1.23. The SMILES string of the molecule is CC1CC(C)(C)C2OOC2(C(=O)O)C1. The van der Waals surface area contributed by atoms with Gasteiger partial charge in [-0.2, -0.15) is 0 Å². The maximum Gasteiger partial charge on any atom is 0.342 e. The molecule has 0 bridgehead atoms. The van der Waals surface area contributed by atoms with Crippen LogP contribution in [0.1, 0.15) is 33.6 Å². The molecule has 3 atom stereocenters. The van der Waals surface area contributed by atoms with Crippen LogP contribution in [0.15, 0.2) is 0 Å². The highest BCUT2D eigenvalue weighted by Crippen LogP contribution is 2.52. The molecule has 0 amide bonds. The maximum absolute atomic E-state index is 11.2. The normalized spacial score (nSPS) is 45.1. The molecule has 3 unspecified atom stereocenters. The van der Waals surface area contributed by atoms with Crippen molar-refractivity contribution in [2.75, 3.05) is 0 Å². The molecule has 1 saturated carbocycles. The molecule has 14 heavy (non-hydrogen) atoms. The number of hydrogen-bond donors (Lipinski definition) is 1. The number of rotatable bonds is 1. The minimum atomic E-state index is -1.08. The van der Waals surface area contributed by atoms with Gasteiger partial charge in [-0.3, -0.25) is 0 Å². The van der Waals surface area contributed by atoms with E-state index in [1.54, 1.807) is 0 Å². The predicted octanol–water partition coefficient (Wildman–Crippen LogP) is 1.60. The fourth-order valence-corrected chi connectivity index (χ4v) is 2.94. The molecule has 4 heteroatoms. The second-order valence-corrected chi connectivity index (χ2v) is 5.26. The van der Waals surface area contributed by atoms with Gasteiger partial charge in [0.25, 0.3) is 0 Å². The van der Waals surface area contributed by atoms with Crippen LogP contribution in [-0.2, 0) is 14.6 Å². The Morgan fingerprint density at radius 3 is 2.50 bits per heavy atom. The fourth-order valence-electron chi connectivity index (χ4n) is 2.94. The van der Waals surface area contributed by atoms with Crippen LogP contribution in [0.25, 0.3) is 0 Å². The van der Waals surface area contributed by atoms with E-state index in [4.69, 9.17) is 14.9 Å². The van der Waals surface area contributed by atoms with Gasteiger partial charge in [0.2, 0.25) is 5.60 Å². The first-order valence-corrected chi connectivity index (χ1v) is 4.96. The molecule has 1 aliphatic carbocycles. The summed E-state index contributed by atoms with van der Waals surface area (Å²) >= 11 is 0. The monoisotopic (exact) mass is 200 g/mol. The lowest BCUT2D eigenvalue weighted by Gasteiger charge is -2.55. The standard InChI is InChI=1S/C10H16O4/c1-6-4-9(2,3)7-10(5-6,8(11)12)14-13-7/h6-7H,4-5H2,1-3H3,(H,11,12). The van der Waals surface area contributed by atoms with E-state index in [0.717, 1.165) is 6.42 Å². The van der Waals surface area contributed by atoms with Gasteiger partial charge in [0.1, 0.15) is 6.10 Å². The molecule has 0 aromatic carbocycles. The molecule has 2 fully saturated rings. The number of carbonyl (C=O) groups is 1.